The van der Waals surface area contributed by atoms with Crippen LogP contribution in [0, 0.1) is 6.92 Å². The molecule has 0 amide bonds. The number of hydrogen-bond donors (Lipinski definition) is 0. The Morgan fingerprint density at radius 2 is 2.00 bits per heavy atom. The molecule has 11 heavy (non-hydrogen) atoms. The van der Waals surface area contributed by atoms with Gasteiger partial charge in [0.2, 0.25) is 0 Å². The largest absolute Gasteiger partial charge is 0.258 e. The Balaban J connectivity index is 2.45. The van der Waals surface area contributed by atoms with Crippen LogP contribution in [0.1, 0.15) is 29.8 Å². The van der Waals surface area contributed by atoms with Crippen LogP contribution in [-0.2, 0) is 12.8 Å². The summed E-state index contributed by atoms with van der Waals surface area (Å²) in [5.74, 6) is 0. The van der Waals surface area contributed by atoms with Gasteiger partial charge < -0.3 is 0 Å². The minimum absolute atomic E-state index is 1.18. The Labute approximate surface area is 67.5 Å². The third kappa shape index (κ3) is 1.42. The Kier molecular flexibility index (Phi) is 1.65. The van der Waals surface area contributed by atoms with E-state index in [1.807, 2.05) is 0 Å². The maximum Gasteiger partial charge on any atom is 0.0409 e. The standard InChI is InChI=1S/C10H13N/c1-8-6-9-4-2-3-5-10(7-9)11-8/h6-7H,2-5H2,1H3. The first kappa shape index (κ1) is 6.84. The Hall–Kier alpha value is -0.850. The lowest BCUT2D eigenvalue weighted by Crippen LogP contribution is -1.90. The fraction of sp³-hybridized carbons (Fsp3) is 0.500. The average Bonchev–Trinajstić information content (AvgIpc) is 2.11. The summed E-state index contributed by atoms with van der Waals surface area (Å²) in [6, 6.07) is 4.45. The summed E-state index contributed by atoms with van der Waals surface area (Å²) < 4.78 is 0. The van der Waals surface area contributed by atoms with Crippen LogP contribution in [-0.4, -0.2) is 4.98 Å². The van der Waals surface area contributed by atoms with Gasteiger partial charge in [-0.25, -0.2) is 0 Å². The normalized spacial score (nSPS) is 16.1. The van der Waals surface area contributed by atoms with Crippen molar-refractivity contribution in [1.82, 2.24) is 4.98 Å². The monoisotopic (exact) mass is 147 g/mol. The van der Waals surface area contributed by atoms with Crippen molar-refractivity contribution in [2.24, 2.45) is 0 Å². The maximum absolute atomic E-state index is 4.46. The van der Waals surface area contributed by atoms with E-state index in [2.05, 4.69) is 24.0 Å². The molecule has 0 atom stereocenters. The fourth-order valence-electron chi connectivity index (χ4n) is 1.72. The molecule has 1 aromatic rings. The minimum atomic E-state index is 1.18. The van der Waals surface area contributed by atoms with Crippen LogP contribution in [0.4, 0.5) is 0 Å². The van der Waals surface area contributed by atoms with Gasteiger partial charge >= 0.3 is 0 Å². The van der Waals surface area contributed by atoms with Crippen molar-refractivity contribution in [3.63, 3.8) is 0 Å². The molecule has 0 fully saturated rings. The number of hydrogen-bond acceptors (Lipinski definition) is 1. The number of pyridine rings is 1. The van der Waals surface area contributed by atoms with E-state index in [0.717, 1.165) is 0 Å². The molecular formula is C10H13N. The number of aromatic nitrogens is 1. The van der Waals surface area contributed by atoms with Crippen molar-refractivity contribution in [3.8, 4) is 0 Å². The van der Waals surface area contributed by atoms with Gasteiger partial charge in [0.05, 0.1) is 0 Å². The van der Waals surface area contributed by atoms with Crippen molar-refractivity contribution >= 4 is 0 Å². The average molecular weight is 147 g/mol. The molecule has 1 aliphatic carbocycles. The van der Waals surface area contributed by atoms with Gasteiger partial charge in [-0.3, -0.25) is 4.98 Å². The summed E-state index contributed by atoms with van der Waals surface area (Å²) in [4.78, 5) is 4.46. The molecule has 0 saturated carbocycles. The van der Waals surface area contributed by atoms with Crippen LogP contribution in [0.25, 0.3) is 0 Å². The number of nitrogens with zero attached hydrogens (tertiary/aromatic N) is 1. The highest BCUT2D eigenvalue weighted by Gasteiger charge is 2.04. The van der Waals surface area contributed by atoms with Gasteiger partial charge in [-0.05, 0) is 50.3 Å². The van der Waals surface area contributed by atoms with Gasteiger partial charge in [-0.2, -0.15) is 0 Å². The van der Waals surface area contributed by atoms with Crippen LogP contribution < -0.4 is 0 Å². The summed E-state index contributed by atoms with van der Waals surface area (Å²) in [6.45, 7) is 2.08. The predicted octanol–water partition coefficient (Wildman–Crippen LogP) is 2.27. The molecule has 1 aromatic heterocycles. The van der Waals surface area contributed by atoms with Gasteiger partial charge in [-0.1, -0.05) is 0 Å². The second-order valence-electron chi connectivity index (χ2n) is 3.32. The zero-order valence-electron chi connectivity index (χ0n) is 6.93. The van der Waals surface area contributed by atoms with Crippen LogP contribution in [0.5, 0.6) is 0 Å². The molecule has 1 aliphatic rings. The number of fused-ring (bicyclic) bond motifs is 2. The molecule has 0 aromatic carbocycles. The molecule has 0 radical (unpaired) electrons. The zero-order chi connectivity index (χ0) is 7.68. The van der Waals surface area contributed by atoms with Gasteiger partial charge in [0.25, 0.3) is 0 Å². The molecule has 2 rings (SSSR count). The van der Waals surface area contributed by atoms with Crippen molar-refractivity contribution in [2.75, 3.05) is 0 Å². The van der Waals surface area contributed by atoms with E-state index < -0.39 is 0 Å². The zero-order valence-corrected chi connectivity index (χ0v) is 6.93. The number of aryl methyl sites for hydroxylation is 3. The van der Waals surface area contributed by atoms with E-state index in [-0.39, 0.29) is 0 Å². The molecule has 58 valence electrons. The van der Waals surface area contributed by atoms with E-state index in [9.17, 15) is 0 Å². The van der Waals surface area contributed by atoms with E-state index in [4.69, 9.17) is 0 Å². The van der Waals surface area contributed by atoms with Crippen LogP contribution in [0.3, 0.4) is 0 Å². The molecule has 0 unspecified atom stereocenters. The first-order valence-electron chi connectivity index (χ1n) is 4.31. The SMILES string of the molecule is Cc1cc2cc(n1)CCCC2. The van der Waals surface area contributed by atoms with Crippen LogP contribution in [0.2, 0.25) is 0 Å². The molecule has 0 aliphatic heterocycles. The minimum Gasteiger partial charge on any atom is -0.258 e. The van der Waals surface area contributed by atoms with Crippen LogP contribution >= 0.6 is 0 Å². The predicted molar refractivity (Wildman–Crippen MR) is 45.6 cm³/mol. The van der Waals surface area contributed by atoms with Crippen molar-refractivity contribution in [1.29, 1.82) is 0 Å². The van der Waals surface area contributed by atoms with Gasteiger partial charge in [0.15, 0.2) is 0 Å². The van der Waals surface area contributed by atoms with E-state index in [1.165, 1.54) is 42.6 Å². The molecule has 1 nitrogen and oxygen atoms in total. The van der Waals surface area contributed by atoms with Gasteiger partial charge in [0.1, 0.15) is 0 Å². The Bertz CT molecular complexity index is 241. The van der Waals surface area contributed by atoms with Gasteiger partial charge in [-0.15, -0.1) is 0 Å². The lowest BCUT2D eigenvalue weighted by molar-refractivity contribution is 0.746. The van der Waals surface area contributed by atoms with E-state index in [0.29, 0.717) is 0 Å². The highest BCUT2D eigenvalue weighted by Crippen LogP contribution is 2.15. The number of rotatable bonds is 0. The first-order chi connectivity index (χ1) is 5.34. The third-order valence-electron chi connectivity index (χ3n) is 2.21. The molecule has 2 bridgehead atoms. The summed E-state index contributed by atoms with van der Waals surface area (Å²) in [6.07, 6.45) is 5.06. The highest BCUT2D eigenvalue weighted by atomic mass is 14.7. The highest BCUT2D eigenvalue weighted by molar-refractivity contribution is 5.22. The maximum atomic E-state index is 4.46. The van der Waals surface area contributed by atoms with Crippen LogP contribution in [0.15, 0.2) is 12.1 Å². The Morgan fingerprint density at radius 3 is 2.91 bits per heavy atom. The molecule has 1 heterocycles. The molecule has 1 heteroatoms. The molecule has 0 spiro atoms. The quantitative estimate of drug-likeness (QED) is 0.548. The summed E-state index contributed by atoms with van der Waals surface area (Å²) in [7, 11) is 0. The van der Waals surface area contributed by atoms with Crippen molar-refractivity contribution in [2.45, 2.75) is 32.6 Å². The first-order valence-corrected chi connectivity index (χ1v) is 4.31. The van der Waals surface area contributed by atoms with Crippen molar-refractivity contribution in [3.05, 3.63) is 29.1 Å². The lowest BCUT2D eigenvalue weighted by atomic mass is 10.1. The molecule has 0 N–H and O–H groups in total. The summed E-state index contributed by atoms with van der Waals surface area (Å²) in [5, 5.41) is 0. The molecule has 0 saturated heterocycles. The summed E-state index contributed by atoms with van der Waals surface area (Å²) in [5.41, 5.74) is 3.95. The summed E-state index contributed by atoms with van der Waals surface area (Å²) >= 11 is 0. The smallest absolute Gasteiger partial charge is 0.0409 e. The van der Waals surface area contributed by atoms with Gasteiger partial charge in [0, 0.05) is 11.4 Å². The van der Waals surface area contributed by atoms with E-state index in [1.54, 1.807) is 0 Å². The Morgan fingerprint density at radius 1 is 1.18 bits per heavy atom. The molecular weight excluding hydrogens is 134 g/mol. The second-order valence-corrected chi connectivity index (χ2v) is 3.32. The second kappa shape index (κ2) is 2.65. The fourth-order valence-corrected chi connectivity index (χ4v) is 1.72. The third-order valence-corrected chi connectivity index (χ3v) is 2.21. The lowest BCUT2D eigenvalue weighted by Gasteiger charge is -1.99. The van der Waals surface area contributed by atoms with Crippen molar-refractivity contribution < 1.29 is 0 Å². The topological polar surface area (TPSA) is 12.9 Å². The van der Waals surface area contributed by atoms with E-state index >= 15 is 0 Å².